The highest BCUT2D eigenvalue weighted by atomic mass is 127. The average molecular weight is 483 g/mol. The Kier molecular flexibility index (Phi) is 11.2. The van der Waals surface area contributed by atoms with Gasteiger partial charge in [0.25, 0.3) is 0 Å². The molecule has 142 valence electrons. The summed E-state index contributed by atoms with van der Waals surface area (Å²) in [6.45, 7) is 8.56. The van der Waals surface area contributed by atoms with Crippen LogP contribution in [0.3, 0.4) is 0 Å². The van der Waals surface area contributed by atoms with Gasteiger partial charge in [0.2, 0.25) is 0 Å². The highest BCUT2D eigenvalue weighted by Crippen LogP contribution is 2.24. The number of guanidine groups is 1. The van der Waals surface area contributed by atoms with Crippen molar-refractivity contribution in [3.63, 3.8) is 0 Å². The summed E-state index contributed by atoms with van der Waals surface area (Å²) in [4.78, 5) is 6.78. The number of nitrogens with two attached hydrogens (primary N) is 1. The number of benzene rings is 1. The van der Waals surface area contributed by atoms with E-state index in [1.165, 1.54) is 0 Å². The van der Waals surface area contributed by atoms with Crippen LogP contribution in [0.25, 0.3) is 0 Å². The largest absolute Gasteiger partial charge is 0.493 e. The van der Waals surface area contributed by atoms with Crippen molar-refractivity contribution in [2.45, 2.75) is 19.9 Å². The summed E-state index contributed by atoms with van der Waals surface area (Å²) >= 11 is 6.00. The lowest BCUT2D eigenvalue weighted by Gasteiger charge is -2.26. The molecule has 8 heteroatoms. The van der Waals surface area contributed by atoms with Crippen molar-refractivity contribution in [3.05, 3.63) is 28.8 Å². The van der Waals surface area contributed by atoms with Gasteiger partial charge in [-0.1, -0.05) is 17.7 Å². The fraction of sp³-hybridized carbons (Fsp3) is 0.588. The van der Waals surface area contributed by atoms with Crippen LogP contribution in [0.4, 0.5) is 0 Å². The zero-order valence-electron chi connectivity index (χ0n) is 14.7. The van der Waals surface area contributed by atoms with Crippen molar-refractivity contribution < 1.29 is 9.47 Å². The fourth-order valence-electron chi connectivity index (χ4n) is 2.52. The molecule has 0 radical (unpaired) electrons. The van der Waals surface area contributed by atoms with Crippen molar-refractivity contribution in [2.75, 3.05) is 46.0 Å². The minimum absolute atomic E-state index is 0. The predicted molar refractivity (Wildman–Crippen MR) is 113 cm³/mol. The maximum absolute atomic E-state index is 6.00. The molecule has 1 saturated heterocycles. The number of aliphatic imine (C=N–C) groups is 1. The summed E-state index contributed by atoms with van der Waals surface area (Å²) < 4.78 is 10.9. The van der Waals surface area contributed by atoms with E-state index < -0.39 is 0 Å². The van der Waals surface area contributed by atoms with E-state index in [1.807, 2.05) is 25.1 Å². The summed E-state index contributed by atoms with van der Waals surface area (Å²) in [7, 11) is 0. The molecule has 3 N–H and O–H groups in total. The highest BCUT2D eigenvalue weighted by Gasteiger charge is 2.09. The van der Waals surface area contributed by atoms with Crippen LogP contribution in [0.5, 0.6) is 5.75 Å². The molecule has 1 aromatic rings. The molecule has 0 spiro atoms. The Bertz CT molecular complexity index is 539. The first-order chi connectivity index (χ1) is 11.7. The molecule has 0 atom stereocenters. The highest BCUT2D eigenvalue weighted by molar-refractivity contribution is 14.0. The zero-order valence-corrected chi connectivity index (χ0v) is 17.8. The predicted octanol–water partition coefficient (Wildman–Crippen LogP) is 2.48. The molecule has 0 amide bonds. The third-order valence-electron chi connectivity index (χ3n) is 3.81. The average Bonchev–Trinajstić information content (AvgIpc) is 2.59. The first-order valence-corrected chi connectivity index (χ1v) is 8.82. The zero-order chi connectivity index (χ0) is 17.2. The van der Waals surface area contributed by atoms with Gasteiger partial charge in [-0.3, -0.25) is 4.90 Å². The third-order valence-corrected chi connectivity index (χ3v) is 4.04. The van der Waals surface area contributed by atoms with Gasteiger partial charge in [0.15, 0.2) is 5.96 Å². The molecule has 1 heterocycles. The van der Waals surface area contributed by atoms with Crippen molar-refractivity contribution in [3.8, 4) is 5.75 Å². The normalized spacial score (nSPS) is 15.5. The topological polar surface area (TPSA) is 72.1 Å². The molecule has 0 aromatic heterocycles. The van der Waals surface area contributed by atoms with E-state index in [-0.39, 0.29) is 24.0 Å². The molecule has 1 aliphatic heterocycles. The Labute approximate surface area is 172 Å². The molecule has 1 aliphatic rings. The molecule has 1 fully saturated rings. The van der Waals surface area contributed by atoms with Crippen molar-refractivity contribution >= 4 is 41.5 Å². The minimum Gasteiger partial charge on any atom is -0.493 e. The summed E-state index contributed by atoms with van der Waals surface area (Å²) in [5.74, 6) is 1.21. The second kappa shape index (κ2) is 12.6. The van der Waals surface area contributed by atoms with E-state index in [0.29, 0.717) is 24.1 Å². The number of nitrogens with one attached hydrogen (secondary N) is 1. The van der Waals surface area contributed by atoms with Crippen LogP contribution in [0.15, 0.2) is 23.2 Å². The third kappa shape index (κ3) is 8.44. The molecule has 0 saturated carbocycles. The molecular formula is C17H28ClIN4O2. The molecule has 1 aromatic carbocycles. The van der Waals surface area contributed by atoms with E-state index in [0.717, 1.165) is 57.1 Å². The fourth-order valence-corrected chi connectivity index (χ4v) is 2.68. The van der Waals surface area contributed by atoms with Crippen molar-refractivity contribution in [1.29, 1.82) is 0 Å². The standard InChI is InChI=1S/C17H27ClN4O2.HI/c1-2-24-16-12-15(18)5-4-14(16)13-21-17(19)20-6-3-7-22-8-10-23-11-9-22;/h4-5,12H,2-3,6-11,13H2,1H3,(H3,19,20,21);1H. The van der Waals surface area contributed by atoms with Gasteiger partial charge < -0.3 is 20.5 Å². The monoisotopic (exact) mass is 482 g/mol. The van der Waals surface area contributed by atoms with Crippen LogP contribution < -0.4 is 15.8 Å². The van der Waals surface area contributed by atoms with Gasteiger partial charge >= 0.3 is 0 Å². The number of morpholine rings is 1. The van der Waals surface area contributed by atoms with Crippen LogP contribution in [-0.4, -0.2) is 56.9 Å². The second-order valence-electron chi connectivity index (χ2n) is 5.62. The lowest BCUT2D eigenvalue weighted by Crippen LogP contribution is -2.39. The number of halogens is 2. The SMILES string of the molecule is CCOc1cc(Cl)ccc1CN=C(N)NCCCN1CCOCC1.I. The molecule has 2 rings (SSSR count). The van der Waals surface area contributed by atoms with E-state index in [9.17, 15) is 0 Å². The number of nitrogens with zero attached hydrogens (tertiary/aromatic N) is 2. The minimum atomic E-state index is 0. The van der Waals surface area contributed by atoms with Crippen LogP contribution in [-0.2, 0) is 11.3 Å². The van der Waals surface area contributed by atoms with Crippen LogP contribution >= 0.6 is 35.6 Å². The molecule has 0 unspecified atom stereocenters. The summed E-state index contributed by atoms with van der Waals surface area (Å²) in [5, 5.41) is 3.81. The Balaban J connectivity index is 0.00000312. The Morgan fingerprint density at radius 1 is 1.40 bits per heavy atom. The Morgan fingerprint density at radius 3 is 2.88 bits per heavy atom. The quantitative estimate of drug-likeness (QED) is 0.258. The van der Waals surface area contributed by atoms with Gasteiger partial charge in [0, 0.05) is 30.2 Å². The van der Waals surface area contributed by atoms with Crippen LogP contribution in [0, 0.1) is 0 Å². The smallest absolute Gasteiger partial charge is 0.188 e. The van der Waals surface area contributed by atoms with Crippen LogP contribution in [0.2, 0.25) is 5.02 Å². The van der Waals surface area contributed by atoms with E-state index in [2.05, 4.69) is 15.2 Å². The lowest BCUT2D eigenvalue weighted by atomic mass is 10.2. The summed E-state index contributed by atoms with van der Waals surface area (Å²) in [6, 6.07) is 5.56. The van der Waals surface area contributed by atoms with Crippen molar-refractivity contribution in [1.82, 2.24) is 10.2 Å². The van der Waals surface area contributed by atoms with Crippen LogP contribution in [0.1, 0.15) is 18.9 Å². The van der Waals surface area contributed by atoms with Gasteiger partial charge in [0.05, 0.1) is 26.4 Å². The summed E-state index contributed by atoms with van der Waals surface area (Å²) in [5.41, 5.74) is 6.90. The van der Waals surface area contributed by atoms with Gasteiger partial charge in [0.1, 0.15) is 5.75 Å². The van der Waals surface area contributed by atoms with Gasteiger partial charge in [-0.15, -0.1) is 24.0 Å². The second-order valence-corrected chi connectivity index (χ2v) is 6.06. The lowest BCUT2D eigenvalue weighted by molar-refractivity contribution is 0.0376. The molecule has 0 bridgehead atoms. The number of hydrogen-bond acceptors (Lipinski definition) is 4. The first kappa shape index (κ1) is 22.3. The molecular weight excluding hydrogens is 455 g/mol. The molecule has 0 aliphatic carbocycles. The van der Waals surface area contributed by atoms with Gasteiger partial charge in [-0.25, -0.2) is 4.99 Å². The Hall–Kier alpha value is -0.770. The maximum atomic E-state index is 6.00. The number of hydrogen-bond donors (Lipinski definition) is 2. The van der Waals surface area contributed by atoms with E-state index >= 15 is 0 Å². The molecule has 25 heavy (non-hydrogen) atoms. The van der Waals surface area contributed by atoms with E-state index in [1.54, 1.807) is 0 Å². The van der Waals surface area contributed by atoms with E-state index in [4.69, 9.17) is 26.8 Å². The maximum Gasteiger partial charge on any atom is 0.188 e. The van der Waals surface area contributed by atoms with Crippen molar-refractivity contribution in [2.24, 2.45) is 10.7 Å². The number of ether oxygens (including phenoxy) is 2. The summed E-state index contributed by atoms with van der Waals surface area (Å²) in [6.07, 6.45) is 1.03. The van der Waals surface area contributed by atoms with Gasteiger partial charge in [-0.05, 0) is 32.0 Å². The molecule has 6 nitrogen and oxygen atoms in total. The first-order valence-electron chi connectivity index (χ1n) is 8.44. The Morgan fingerprint density at radius 2 is 2.16 bits per heavy atom. The van der Waals surface area contributed by atoms with Gasteiger partial charge in [-0.2, -0.15) is 0 Å². The number of rotatable bonds is 8.